The highest BCUT2D eigenvalue weighted by Crippen LogP contribution is 2.31. The molecule has 1 aromatic heterocycles. The number of ether oxygens (including phenoxy) is 4. The Bertz CT molecular complexity index is 1040. The normalized spacial score (nSPS) is 10.6. The second-order valence-electron chi connectivity index (χ2n) is 7.59. The molecule has 3 aromatic rings. The summed E-state index contributed by atoms with van der Waals surface area (Å²) in [6.07, 6.45) is 0. The third kappa shape index (κ3) is 8.84. The zero-order valence-corrected chi connectivity index (χ0v) is 20.8. The molecule has 0 atom stereocenters. The summed E-state index contributed by atoms with van der Waals surface area (Å²) < 4.78 is 21.8. The van der Waals surface area contributed by atoms with Crippen LogP contribution in [0.3, 0.4) is 0 Å². The van der Waals surface area contributed by atoms with Gasteiger partial charge in [0.2, 0.25) is 17.8 Å². The first-order valence-electron chi connectivity index (χ1n) is 11.8. The second-order valence-corrected chi connectivity index (χ2v) is 7.59. The lowest BCUT2D eigenvalue weighted by Crippen LogP contribution is -2.17. The van der Waals surface area contributed by atoms with Gasteiger partial charge >= 0.3 is 0 Å². The summed E-state index contributed by atoms with van der Waals surface area (Å²) in [6.45, 7) is 4.07. The third-order valence-electron chi connectivity index (χ3n) is 5.01. The second kappa shape index (κ2) is 15.4. The molecule has 5 N–H and O–H groups in total. The van der Waals surface area contributed by atoms with Gasteiger partial charge in [-0.25, -0.2) is 0 Å². The summed E-state index contributed by atoms with van der Waals surface area (Å²) in [7, 11) is 3.23. The number of rotatable bonds is 17. The van der Waals surface area contributed by atoms with Gasteiger partial charge in [-0.1, -0.05) is 42.5 Å². The van der Waals surface area contributed by atoms with Crippen molar-refractivity contribution in [1.29, 1.82) is 0 Å². The van der Waals surface area contributed by atoms with E-state index in [4.69, 9.17) is 24.7 Å². The van der Waals surface area contributed by atoms with Crippen LogP contribution in [-0.4, -0.2) is 68.7 Å². The first kappa shape index (κ1) is 26.9. The molecule has 0 spiro atoms. The fourth-order valence-electron chi connectivity index (χ4n) is 3.30. The topological polar surface area (TPSA) is 138 Å². The molecule has 0 unspecified atom stereocenters. The quantitative estimate of drug-likeness (QED) is 0.205. The molecule has 0 saturated heterocycles. The predicted octanol–water partition coefficient (Wildman–Crippen LogP) is 2.52. The average Bonchev–Trinajstić information content (AvgIpc) is 2.92. The summed E-state index contributed by atoms with van der Waals surface area (Å²) >= 11 is 0. The monoisotopic (exact) mass is 497 g/mol. The summed E-state index contributed by atoms with van der Waals surface area (Å²) in [5, 5.41) is 9.72. The van der Waals surface area contributed by atoms with Crippen molar-refractivity contribution in [3.05, 3.63) is 59.7 Å². The number of nitrogens with two attached hydrogens (primary N) is 1. The molecule has 0 amide bonds. The molecule has 11 heteroatoms. The van der Waals surface area contributed by atoms with E-state index in [2.05, 4.69) is 30.9 Å². The Kier molecular flexibility index (Phi) is 11.5. The molecule has 194 valence electrons. The van der Waals surface area contributed by atoms with E-state index in [1.165, 1.54) is 0 Å². The van der Waals surface area contributed by atoms with Crippen molar-refractivity contribution in [2.45, 2.75) is 13.1 Å². The van der Waals surface area contributed by atoms with E-state index in [0.717, 1.165) is 11.1 Å². The van der Waals surface area contributed by atoms with Crippen molar-refractivity contribution >= 4 is 17.8 Å². The van der Waals surface area contributed by atoms with Gasteiger partial charge in [0.15, 0.2) is 11.5 Å². The lowest BCUT2D eigenvalue weighted by molar-refractivity contribution is 0.0547. The minimum atomic E-state index is 0.420. The van der Waals surface area contributed by atoms with E-state index in [1.54, 1.807) is 14.2 Å². The smallest absolute Gasteiger partial charge is 0.229 e. The molecule has 0 bridgehead atoms. The van der Waals surface area contributed by atoms with E-state index in [1.807, 2.05) is 48.5 Å². The van der Waals surface area contributed by atoms with E-state index in [-0.39, 0.29) is 0 Å². The Hall–Kier alpha value is -3.67. The van der Waals surface area contributed by atoms with Gasteiger partial charge in [0, 0.05) is 31.7 Å². The molecule has 3 rings (SSSR count). The van der Waals surface area contributed by atoms with Gasteiger partial charge in [-0.05, 0) is 11.6 Å². The molecule has 0 fully saturated rings. The van der Waals surface area contributed by atoms with Gasteiger partial charge in [-0.2, -0.15) is 15.0 Å². The maximum atomic E-state index is 5.56. The predicted molar refractivity (Wildman–Crippen MR) is 140 cm³/mol. The summed E-state index contributed by atoms with van der Waals surface area (Å²) in [6, 6.07) is 15.8. The largest absolute Gasteiger partial charge is 0.493 e. The van der Waals surface area contributed by atoms with E-state index in [9.17, 15) is 0 Å². The van der Waals surface area contributed by atoms with Gasteiger partial charge in [-0.15, -0.1) is 0 Å². The van der Waals surface area contributed by atoms with Crippen molar-refractivity contribution in [3.8, 4) is 11.5 Å². The molecule has 0 aliphatic rings. The molecular weight excluding hydrogens is 462 g/mol. The number of para-hydroxylation sites is 1. The Morgan fingerprint density at radius 1 is 0.694 bits per heavy atom. The molecule has 36 heavy (non-hydrogen) atoms. The van der Waals surface area contributed by atoms with E-state index in [0.29, 0.717) is 82.0 Å². The number of nitrogens with one attached hydrogen (secondary N) is 3. The summed E-state index contributed by atoms with van der Waals surface area (Å²) in [4.78, 5) is 13.5. The third-order valence-corrected chi connectivity index (χ3v) is 5.01. The maximum absolute atomic E-state index is 5.56. The minimum Gasteiger partial charge on any atom is -0.493 e. The number of nitrogens with zero attached hydrogens (tertiary/aromatic N) is 3. The van der Waals surface area contributed by atoms with E-state index >= 15 is 0 Å². The van der Waals surface area contributed by atoms with Crippen LogP contribution in [0.2, 0.25) is 0 Å². The van der Waals surface area contributed by atoms with Crippen molar-refractivity contribution in [2.24, 2.45) is 5.73 Å². The number of hydrogen-bond donors (Lipinski definition) is 4. The number of aromatic nitrogens is 3. The lowest BCUT2D eigenvalue weighted by Gasteiger charge is -2.14. The highest BCUT2D eigenvalue weighted by molar-refractivity contribution is 5.49. The van der Waals surface area contributed by atoms with Gasteiger partial charge in [0.05, 0.1) is 40.6 Å². The molecule has 0 aliphatic carbocycles. The van der Waals surface area contributed by atoms with Crippen LogP contribution in [-0.2, 0) is 22.6 Å². The van der Waals surface area contributed by atoms with Crippen molar-refractivity contribution in [3.63, 3.8) is 0 Å². The Labute approximate surface area is 211 Å². The van der Waals surface area contributed by atoms with Crippen LogP contribution < -0.4 is 31.2 Å². The highest BCUT2D eigenvalue weighted by Gasteiger charge is 2.11. The SMILES string of the molecule is COc1cccc(CNc2nc(NCCOCCOCCN)nc(NCc3ccccc3)n2)c1OC. The standard InChI is InChI=1S/C25H35N7O4/c1-33-21-10-6-9-20(22(21)34-2)18-29-25-31-23(27-12-14-36-16-15-35-13-11-26)30-24(32-25)28-17-19-7-4-3-5-8-19/h3-10H,11-18,26H2,1-2H3,(H3,27,28,29,30,31,32). The molecule has 0 saturated carbocycles. The Balaban J connectivity index is 1.64. The van der Waals surface area contributed by atoms with Gasteiger partial charge in [-0.3, -0.25) is 0 Å². The lowest BCUT2D eigenvalue weighted by atomic mass is 10.2. The van der Waals surface area contributed by atoms with Crippen LogP contribution in [0.15, 0.2) is 48.5 Å². The van der Waals surface area contributed by atoms with Crippen LogP contribution in [0.4, 0.5) is 17.8 Å². The summed E-state index contributed by atoms with van der Waals surface area (Å²) in [5.74, 6) is 2.63. The van der Waals surface area contributed by atoms with Gasteiger partial charge in [0.1, 0.15) is 0 Å². The molecule has 2 aromatic carbocycles. The number of hydrogen-bond acceptors (Lipinski definition) is 11. The number of anilines is 3. The van der Waals surface area contributed by atoms with Crippen molar-refractivity contribution in [1.82, 2.24) is 15.0 Å². The molecule has 0 aliphatic heterocycles. The highest BCUT2D eigenvalue weighted by atomic mass is 16.5. The van der Waals surface area contributed by atoms with Crippen molar-refractivity contribution in [2.75, 3.05) is 69.7 Å². The Morgan fingerprint density at radius 3 is 2.03 bits per heavy atom. The molecule has 11 nitrogen and oxygen atoms in total. The fraction of sp³-hybridized carbons (Fsp3) is 0.400. The molecule has 0 radical (unpaired) electrons. The minimum absolute atomic E-state index is 0.420. The molecular formula is C25H35N7O4. The maximum Gasteiger partial charge on any atom is 0.229 e. The summed E-state index contributed by atoms with van der Waals surface area (Å²) in [5.41, 5.74) is 7.43. The fourth-order valence-corrected chi connectivity index (χ4v) is 3.30. The zero-order valence-electron chi connectivity index (χ0n) is 20.8. The van der Waals surface area contributed by atoms with E-state index < -0.39 is 0 Å². The first-order valence-corrected chi connectivity index (χ1v) is 11.8. The number of benzene rings is 2. The average molecular weight is 498 g/mol. The van der Waals surface area contributed by atoms with Gasteiger partial charge in [0.25, 0.3) is 0 Å². The van der Waals surface area contributed by atoms with Crippen LogP contribution in [0.5, 0.6) is 11.5 Å². The zero-order chi connectivity index (χ0) is 25.4. The first-order chi connectivity index (χ1) is 17.7. The van der Waals surface area contributed by atoms with Crippen LogP contribution >= 0.6 is 0 Å². The van der Waals surface area contributed by atoms with Crippen LogP contribution in [0, 0.1) is 0 Å². The van der Waals surface area contributed by atoms with Crippen LogP contribution in [0.1, 0.15) is 11.1 Å². The van der Waals surface area contributed by atoms with Gasteiger partial charge < -0.3 is 40.6 Å². The number of methoxy groups -OCH3 is 2. The van der Waals surface area contributed by atoms with Crippen molar-refractivity contribution < 1.29 is 18.9 Å². The van der Waals surface area contributed by atoms with Crippen LogP contribution in [0.25, 0.3) is 0 Å². The molecule has 1 heterocycles. The Morgan fingerprint density at radius 2 is 1.36 bits per heavy atom.